The monoisotopic (exact) mass is 595 g/mol. The van der Waals surface area contributed by atoms with Gasteiger partial charge in [0.05, 0.1) is 7.11 Å². The molecule has 43 heavy (non-hydrogen) atoms. The number of ether oxygens (including phenoxy) is 2. The number of rotatable bonds is 13. The minimum absolute atomic E-state index is 0.190. The second-order valence-corrected chi connectivity index (χ2v) is 12.4. The zero-order chi connectivity index (χ0) is 32.3. The summed E-state index contributed by atoms with van der Waals surface area (Å²) in [7, 11) is 1.25. The largest absolute Gasteiger partial charge is 0.468 e. The Balaban J connectivity index is 2.69. The van der Waals surface area contributed by atoms with Crippen molar-refractivity contribution in [3.63, 3.8) is 0 Å². The van der Waals surface area contributed by atoms with Gasteiger partial charge in [-0.15, -0.1) is 0 Å². The number of nitrogens with zero attached hydrogens (tertiary/aromatic N) is 1. The standard InChI is InChI=1S/C34H49N3O6/c1-22(2)18-19-24(4)37(30(31(39)35-21-29(38)42-9)27-17-13-14-23(3)25(27)5)32(40)28(20-26-15-11-10-12-16-26)36-33(41)43-34(6,7)8/h10-17,22,24,28,30H,18-21H2,1-9H3,(H,35,39)(H,36,41). The fourth-order valence-electron chi connectivity index (χ4n) is 4.81. The predicted molar refractivity (Wildman–Crippen MR) is 167 cm³/mol. The van der Waals surface area contributed by atoms with E-state index < -0.39 is 41.6 Å². The first-order chi connectivity index (χ1) is 20.1. The molecule has 9 heteroatoms. The normalized spacial score (nSPS) is 13.4. The van der Waals surface area contributed by atoms with Crippen LogP contribution >= 0.6 is 0 Å². The quantitative estimate of drug-likeness (QED) is 0.299. The third kappa shape index (κ3) is 11.0. The Morgan fingerprint density at radius 2 is 1.56 bits per heavy atom. The molecule has 0 radical (unpaired) electrons. The molecule has 0 aliphatic heterocycles. The van der Waals surface area contributed by atoms with Crippen LogP contribution in [-0.2, 0) is 30.3 Å². The lowest BCUT2D eigenvalue weighted by molar-refractivity contribution is -0.146. The molecule has 0 spiro atoms. The summed E-state index contributed by atoms with van der Waals surface area (Å²) >= 11 is 0. The molecule has 3 unspecified atom stereocenters. The van der Waals surface area contributed by atoms with Gasteiger partial charge in [-0.05, 0) is 82.6 Å². The van der Waals surface area contributed by atoms with Gasteiger partial charge in [-0.25, -0.2) is 4.79 Å². The summed E-state index contributed by atoms with van der Waals surface area (Å²) in [6, 6.07) is 12.5. The van der Waals surface area contributed by atoms with Crippen LogP contribution in [0.5, 0.6) is 0 Å². The van der Waals surface area contributed by atoms with E-state index in [1.807, 2.05) is 69.3 Å². The van der Waals surface area contributed by atoms with Crippen molar-refractivity contribution in [1.82, 2.24) is 15.5 Å². The van der Waals surface area contributed by atoms with E-state index in [1.165, 1.54) is 7.11 Å². The summed E-state index contributed by atoms with van der Waals surface area (Å²) in [6.07, 6.45) is 0.904. The Kier molecular flexibility index (Phi) is 13.2. The number of hydrogen-bond donors (Lipinski definition) is 2. The van der Waals surface area contributed by atoms with Crippen molar-refractivity contribution >= 4 is 23.9 Å². The van der Waals surface area contributed by atoms with Crippen molar-refractivity contribution in [1.29, 1.82) is 0 Å². The summed E-state index contributed by atoms with van der Waals surface area (Å²) in [4.78, 5) is 55.3. The number of benzene rings is 2. The minimum Gasteiger partial charge on any atom is -0.468 e. The Labute approximate surface area is 256 Å². The Morgan fingerprint density at radius 3 is 2.14 bits per heavy atom. The van der Waals surface area contributed by atoms with Crippen molar-refractivity contribution in [3.8, 4) is 0 Å². The number of aryl methyl sites for hydroxylation is 1. The van der Waals surface area contributed by atoms with Crippen LogP contribution in [0.1, 0.15) is 82.7 Å². The number of carbonyl (C=O) groups is 4. The molecule has 3 amide bonds. The first-order valence-corrected chi connectivity index (χ1v) is 14.9. The summed E-state index contributed by atoms with van der Waals surface area (Å²) in [5.41, 5.74) is 2.52. The highest BCUT2D eigenvalue weighted by Gasteiger charge is 2.39. The molecule has 0 aliphatic carbocycles. The van der Waals surface area contributed by atoms with Gasteiger partial charge in [-0.2, -0.15) is 0 Å². The summed E-state index contributed by atoms with van der Waals surface area (Å²) < 4.78 is 10.3. The molecule has 236 valence electrons. The van der Waals surface area contributed by atoms with Crippen LogP contribution in [-0.4, -0.2) is 60.1 Å². The highest BCUT2D eigenvalue weighted by molar-refractivity contribution is 5.93. The Bertz CT molecular complexity index is 1240. The SMILES string of the molecule is COC(=O)CNC(=O)C(c1cccc(C)c1C)N(C(=O)C(Cc1ccccc1)NC(=O)OC(C)(C)C)C(C)CCC(C)C. The fraction of sp³-hybridized carbons (Fsp3) is 0.529. The van der Waals surface area contributed by atoms with Gasteiger partial charge < -0.3 is 25.0 Å². The molecular weight excluding hydrogens is 546 g/mol. The molecule has 0 saturated heterocycles. The van der Waals surface area contributed by atoms with Crippen LogP contribution < -0.4 is 10.6 Å². The number of alkyl carbamates (subject to hydrolysis) is 1. The third-order valence-corrected chi connectivity index (χ3v) is 7.27. The molecule has 0 aromatic heterocycles. The molecule has 2 aromatic rings. The van der Waals surface area contributed by atoms with Crippen LogP contribution in [0.4, 0.5) is 4.79 Å². The maximum absolute atomic E-state index is 14.7. The van der Waals surface area contributed by atoms with E-state index in [2.05, 4.69) is 24.5 Å². The number of nitrogens with one attached hydrogen (secondary N) is 2. The van der Waals surface area contributed by atoms with Crippen LogP contribution in [0.15, 0.2) is 48.5 Å². The van der Waals surface area contributed by atoms with E-state index in [4.69, 9.17) is 9.47 Å². The van der Waals surface area contributed by atoms with Gasteiger partial charge in [-0.1, -0.05) is 62.4 Å². The molecule has 0 aliphatic rings. The fourth-order valence-corrected chi connectivity index (χ4v) is 4.81. The first kappa shape index (κ1) is 35.3. The summed E-state index contributed by atoms with van der Waals surface area (Å²) in [5.74, 6) is -1.18. The molecule has 0 saturated carbocycles. The van der Waals surface area contributed by atoms with E-state index >= 15 is 0 Å². The zero-order valence-electron chi connectivity index (χ0n) is 27.2. The van der Waals surface area contributed by atoms with Gasteiger partial charge in [0.1, 0.15) is 24.2 Å². The van der Waals surface area contributed by atoms with Gasteiger partial charge in [0, 0.05) is 12.5 Å². The van der Waals surface area contributed by atoms with Gasteiger partial charge in [0.15, 0.2) is 0 Å². The second kappa shape index (κ2) is 16.1. The van der Waals surface area contributed by atoms with Gasteiger partial charge in [-0.3, -0.25) is 14.4 Å². The zero-order valence-corrected chi connectivity index (χ0v) is 27.2. The maximum Gasteiger partial charge on any atom is 0.408 e. The summed E-state index contributed by atoms with van der Waals surface area (Å²) in [5, 5.41) is 5.47. The average Bonchev–Trinajstić information content (AvgIpc) is 2.93. The van der Waals surface area contributed by atoms with E-state index in [0.29, 0.717) is 17.9 Å². The number of esters is 1. The molecule has 2 aromatic carbocycles. The minimum atomic E-state index is -1.07. The molecule has 0 fully saturated rings. The Hall–Kier alpha value is -3.88. The van der Waals surface area contributed by atoms with Crippen LogP contribution in [0.2, 0.25) is 0 Å². The van der Waals surface area contributed by atoms with Gasteiger partial charge in [0.2, 0.25) is 11.8 Å². The lowest BCUT2D eigenvalue weighted by Gasteiger charge is -2.39. The van der Waals surface area contributed by atoms with E-state index in [0.717, 1.165) is 23.1 Å². The molecule has 2 rings (SSSR count). The van der Waals surface area contributed by atoms with Crippen molar-refractivity contribution in [2.24, 2.45) is 5.92 Å². The van der Waals surface area contributed by atoms with Crippen LogP contribution in [0, 0.1) is 19.8 Å². The van der Waals surface area contributed by atoms with Crippen molar-refractivity contribution in [3.05, 3.63) is 70.8 Å². The number of methoxy groups -OCH3 is 1. The van der Waals surface area contributed by atoms with Gasteiger partial charge in [0.25, 0.3) is 0 Å². The molecule has 3 atom stereocenters. The highest BCUT2D eigenvalue weighted by atomic mass is 16.6. The number of hydrogen-bond acceptors (Lipinski definition) is 6. The molecule has 2 N–H and O–H groups in total. The van der Waals surface area contributed by atoms with E-state index in [-0.39, 0.29) is 19.0 Å². The number of carbonyl (C=O) groups excluding carboxylic acids is 4. The molecular formula is C34H49N3O6. The third-order valence-electron chi connectivity index (χ3n) is 7.27. The highest BCUT2D eigenvalue weighted by Crippen LogP contribution is 2.31. The average molecular weight is 596 g/mol. The van der Waals surface area contributed by atoms with Crippen molar-refractivity contribution in [2.75, 3.05) is 13.7 Å². The lowest BCUT2D eigenvalue weighted by atomic mass is 9.92. The topological polar surface area (TPSA) is 114 Å². The second-order valence-electron chi connectivity index (χ2n) is 12.4. The smallest absolute Gasteiger partial charge is 0.408 e. The predicted octanol–water partition coefficient (Wildman–Crippen LogP) is 5.42. The van der Waals surface area contributed by atoms with E-state index in [1.54, 1.807) is 25.7 Å². The maximum atomic E-state index is 14.7. The van der Waals surface area contributed by atoms with Crippen molar-refractivity contribution in [2.45, 2.75) is 98.4 Å². The van der Waals surface area contributed by atoms with Crippen LogP contribution in [0.25, 0.3) is 0 Å². The van der Waals surface area contributed by atoms with Crippen molar-refractivity contribution < 1.29 is 28.7 Å². The number of amides is 3. The lowest BCUT2D eigenvalue weighted by Crippen LogP contribution is -2.56. The van der Waals surface area contributed by atoms with Crippen LogP contribution in [0.3, 0.4) is 0 Å². The first-order valence-electron chi connectivity index (χ1n) is 14.9. The van der Waals surface area contributed by atoms with E-state index in [9.17, 15) is 19.2 Å². The molecule has 0 heterocycles. The molecule has 9 nitrogen and oxygen atoms in total. The molecule has 0 bridgehead atoms. The Morgan fingerprint density at radius 1 is 0.907 bits per heavy atom. The summed E-state index contributed by atoms with van der Waals surface area (Å²) in [6.45, 7) is 14.9. The van der Waals surface area contributed by atoms with Gasteiger partial charge >= 0.3 is 12.1 Å².